The molecule has 0 saturated carbocycles. The number of rotatable bonds is 4. The minimum absolute atomic E-state index is 0.0551. The van der Waals surface area contributed by atoms with E-state index in [1.807, 2.05) is 13.1 Å². The van der Waals surface area contributed by atoms with Crippen LogP contribution < -0.4 is 10.6 Å². The highest BCUT2D eigenvalue weighted by Crippen LogP contribution is 2.04. The summed E-state index contributed by atoms with van der Waals surface area (Å²) in [5.74, 6) is 0.124. The zero-order chi connectivity index (χ0) is 10.4. The lowest BCUT2D eigenvalue weighted by Crippen LogP contribution is -2.49. The molecule has 0 spiro atoms. The molecule has 2 N–H and O–H groups in total. The summed E-state index contributed by atoms with van der Waals surface area (Å²) in [6.07, 6.45) is 2.86. The number of hydrogen-bond donors (Lipinski definition) is 2. The van der Waals surface area contributed by atoms with Crippen molar-refractivity contribution in [2.24, 2.45) is 0 Å². The highest BCUT2D eigenvalue weighted by atomic mass is 16.2. The maximum absolute atomic E-state index is 11.7. The van der Waals surface area contributed by atoms with Crippen molar-refractivity contribution in [3.05, 3.63) is 12.7 Å². The van der Waals surface area contributed by atoms with Crippen molar-refractivity contribution in [3.8, 4) is 0 Å². The van der Waals surface area contributed by atoms with Crippen LogP contribution in [-0.4, -0.2) is 50.1 Å². The molecule has 1 unspecified atom stereocenters. The average molecular weight is 197 g/mol. The zero-order valence-electron chi connectivity index (χ0n) is 8.75. The van der Waals surface area contributed by atoms with Gasteiger partial charge in [0.25, 0.3) is 0 Å². The number of nitrogens with one attached hydrogen (secondary N) is 2. The third kappa shape index (κ3) is 2.82. The van der Waals surface area contributed by atoms with E-state index in [0.717, 1.165) is 26.1 Å². The fourth-order valence-corrected chi connectivity index (χ4v) is 1.73. The molecule has 1 saturated heterocycles. The van der Waals surface area contributed by atoms with Gasteiger partial charge in [-0.1, -0.05) is 6.08 Å². The Kier molecular flexibility index (Phi) is 4.62. The van der Waals surface area contributed by atoms with Gasteiger partial charge in [0.15, 0.2) is 0 Å². The predicted octanol–water partition coefficient (Wildman–Crippen LogP) is -0.418. The van der Waals surface area contributed by atoms with Crippen LogP contribution in [0.3, 0.4) is 0 Å². The van der Waals surface area contributed by atoms with E-state index in [0.29, 0.717) is 6.54 Å². The van der Waals surface area contributed by atoms with Crippen LogP contribution in [0.15, 0.2) is 12.7 Å². The summed E-state index contributed by atoms with van der Waals surface area (Å²) < 4.78 is 0. The lowest BCUT2D eigenvalue weighted by Gasteiger charge is -2.26. The molecule has 0 bridgehead atoms. The van der Waals surface area contributed by atoms with Crippen LogP contribution in [0.25, 0.3) is 0 Å². The van der Waals surface area contributed by atoms with Gasteiger partial charge in [-0.05, 0) is 13.5 Å². The molecule has 1 aliphatic rings. The van der Waals surface area contributed by atoms with Gasteiger partial charge < -0.3 is 10.6 Å². The molecule has 0 radical (unpaired) electrons. The van der Waals surface area contributed by atoms with Gasteiger partial charge in [-0.3, -0.25) is 9.69 Å². The van der Waals surface area contributed by atoms with Gasteiger partial charge in [-0.2, -0.15) is 0 Å². The predicted molar refractivity (Wildman–Crippen MR) is 57.1 cm³/mol. The normalized spacial score (nSPS) is 24.1. The Morgan fingerprint density at radius 1 is 1.79 bits per heavy atom. The van der Waals surface area contributed by atoms with Crippen molar-refractivity contribution >= 4 is 5.91 Å². The smallest absolute Gasteiger partial charge is 0.238 e. The number of likely N-dealkylation sites (N-methyl/N-ethyl adjacent to an activating group) is 1. The van der Waals surface area contributed by atoms with Gasteiger partial charge in [0.1, 0.15) is 6.04 Å². The quantitative estimate of drug-likeness (QED) is 0.602. The molecule has 1 amide bonds. The standard InChI is InChI=1S/C10H19N3O/c1-3-6-13-7-4-5-12-10(14)9(13)8-11-2/h3,9,11H,1,4-8H2,2H3,(H,12,14). The molecule has 1 aliphatic heterocycles. The molecule has 1 atom stereocenters. The third-order valence-corrected chi connectivity index (χ3v) is 2.43. The first-order valence-corrected chi connectivity index (χ1v) is 5.07. The lowest BCUT2D eigenvalue weighted by molar-refractivity contribution is -0.125. The number of carbonyl (C=O) groups is 1. The summed E-state index contributed by atoms with van der Waals surface area (Å²) in [4.78, 5) is 13.8. The van der Waals surface area contributed by atoms with Crippen LogP contribution in [0, 0.1) is 0 Å². The number of carbonyl (C=O) groups excluding carboxylic acids is 1. The number of amides is 1. The van der Waals surface area contributed by atoms with Crippen LogP contribution >= 0.6 is 0 Å². The Morgan fingerprint density at radius 3 is 3.21 bits per heavy atom. The van der Waals surface area contributed by atoms with Crippen molar-refractivity contribution in [3.63, 3.8) is 0 Å². The second-order valence-electron chi connectivity index (χ2n) is 3.50. The monoisotopic (exact) mass is 197 g/mol. The summed E-state index contributed by atoms with van der Waals surface area (Å²) in [6, 6.07) is -0.0551. The Bertz CT molecular complexity index is 206. The van der Waals surface area contributed by atoms with Gasteiger partial charge in [0.2, 0.25) is 5.91 Å². The minimum atomic E-state index is -0.0551. The first-order chi connectivity index (χ1) is 6.79. The van der Waals surface area contributed by atoms with E-state index >= 15 is 0 Å². The summed E-state index contributed by atoms with van der Waals surface area (Å²) in [7, 11) is 1.87. The Balaban J connectivity index is 2.64. The topological polar surface area (TPSA) is 44.4 Å². The molecule has 0 aromatic heterocycles. The van der Waals surface area contributed by atoms with Crippen molar-refractivity contribution in [1.82, 2.24) is 15.5 Å². The highest BCUT2D eigenvalue weighted by Gasteiger charge is 2.26. The van der Waals surface area contributed by atoms with Crippen molar-refractivity contribution in [1.29, 1.82) is 0 Å². The SMILES string of the molecule is C=CCN1CCCNC(=O)C1CNC. The molecule has 1 heterocycles. The molecule has 14 heavy (non-hydrogen) atoms. The van der Waals surface area contributed by atoms with Crippen molar-refractivity contribution in [2.75, 3.05) is 33.2 Å². The van der Waals surface area contributed by atoms with Crippen molar-refractivity contribution in [2.45, 2.75) is 12.5 Å². The fourth-order valence-electron chi connectivity index (χ4n) is 1.73. The molecule has 0 aliphatic carbocycles. The van der Waals surface area contributed by atoms with Gasteiger partial charge >= 0.3 is 0 Å². The maximum atomic E-state index is 11.7. The summed E-state index contributed by atoms with van der Waals surface area (Å²) in [5, 5.41) is 5.96. The first-order valence-electron chi connectivity index (χ1n) is 5.07. The van der Waals surface area contributed by atoms with E-state index < -0.39 is 0 Å². The summed E-state index contributed by atoms with van der Waals surface area (Å²) in [6.45, 7) is 6.92. The molecule has 4 nitrogen and oxygen atoms in total. The van der Waals surface area contributed by atoms with Crippen LogP contribution in [0.1, 0.15) is 6.42 Å². The second kappa shape index (κ2) is 5.78. The van der Waals surface area contributed by atoms with Crippen LogP contribution in [0.5, 0.6) is 0 Å². The molecule has 0 aromatic carbocycles. The maximum Gasteiger partial charge on any atom is 0.238 e. The van der Waals surface area contributed by atoms with E-state index in [1.54, 1.807) is 0 Å². The Labute approximate surface area is 85.3 Å². The van der Waals surface area contributed by atoms with E-state index in [2.05, 4.69) is 22.1 Å². The van der Waals surface area contributed by atoms with Gasteiger partial charge in [0, 0.05) is 26.2 Å². The van der Waals surface area contributed by atoms with Crippen molar-refractivity contribution < 1.29 is 4.79 Å². The molecule has 1 fully saturated rings. The molecular formula is C10H19N3O. The summed E-state index contributed by atoms with van der Waals surface area (Å²) in [5.41, 5.74) is 0. The molecule has 0 aromatic rings. The van der Waals surface area contributed by atoms with Gasteiger partial charge in [-0.25, -0.2) is 0 Å². The van der Waals surface area contributed by atoms with E-state index in [1.165, 1.54) is 0 Å². The second-order valence-corrected chi connectivity index (χ2v) is 3.50. The molecular weight excluding hydrogens is 178 g/mol. The number of nitrogens with zero attached hydrogens (tertiary/aromatic N) is 1. The fraction of sp³-hybridized carbons (Fsp3) is 0.700. The first kappa shape index (κ1) is 11.2. The Hall–Kier alpha value is -0.870. The van der Waals surface area contributed by atoms with Crippen LogP contribution in [0.4, 0.5) is 0 Å². The molecule has 80 valence electrons. The summed E-state index contributed by atoms with van der Waals surface area (Å²) >= 11 is 0. The minimum Gasteiger partial charge on any atom is -0.355 e. The van der Waals surface area contributed by atoms with Gasteiger partial charge in [0.05, 0.1) is 0 Å². The molecule has 1 rings (SSSR count). The third-order valence-electron chi connectivity index (χ3n) is 2.43. The zero-order valence-corrected chi connectivity index (χ0v) is 8.75. The lowest BCUT2D eigenvalue weighted by atomic mass is 10.2. The number of hydrogen-bond acceptors (Lipinski definition) is 3. The van der Waals surface area contributed by atoms with Crippen LogP contribution in [0.2, 0.25) is 0 Å². The van der Waals surface area contributed by atoms with E-state index in [4.69, 9.17) is 0 Å². The highest BCUT2D eigenvalue weighted by molar-refractivity contribution is 5.82. The Morgan fingerprint density at radius 2 is 2.57 bits per heavy atom. The molecule has 4 heteroatoms. The average Bonchev–Trinajstić information content (AvgIpc) is 2.33. The largest absolute Gasteiger partial charge is 0.355 e. The van der Waals surface area contributed by atoms with Gasteiger partial charge in [-0.15, -0.1) is 6.58 Å². The van der Waals surface area contributed by atoms with E-state index in [9.17, 15) is 4.79 Å². The van der Waals surface area contributed by atoms with Crippen LogP contribution in [-0.2, 0) is 4.79 Å². The van der Waals surface area contributed by atoms with E-state index in [-0.39, 0.29) is 11.9 Å².